The van der Waals surface area contributed by atoms with Crippen molar-refractivity contribution in [2.75, 3.05) is 0 Å². The van der Waals surface area contributed by atoms with Gasteiger partial charge in [0.25, 0.3) is 0 Å². The largest absolute Gasteiger partial charge is 0.423 e. The SMILES string of the molecule is Cc1cc2oc(=O)cc(CNC(c3ccccc3)c3ccccc3)c2cc1C. The molecule has 0 aliphatic heterocycles. The minimum Gasteiger partial charge on any atom is -0.423 e. The van der Waals surface area contributed by atoms with E-state index in [1.165, 1.54) is 16.7 Å². The van der Waals surface area contributed by atoms with Crippen LogP contribution < -0.4 is 10.9 Å². The molecule has 0 radical (unpaired) electrons. The molecule has 3 nitrogen and oxygen atoms in total. The summed E-state index contributed by atoms with van der Waals surface area (Å²) in [5.41, 5.74) is 5.96. The van der Waals surface area contributed by atoms with Crippen LogP contribution in [0.25, 0.3) is 11.0 Å². The summed E-state index contributed by atoms with van der Waals surface area (Å²) in [5, 5.41) is 4.62. The third kappa shape index (κ3) is 3.75. The molecule has 0 spiro atoms. The molecule has 140 valence electrons. The van der Waals surface area contributed by atoms with Gasteiger partial charge in [0.15, 0.2) is 0 Å². The van der Waals surface area contributed by atoms with Crippen molar-refractivity contribution in [1.29, 1.82) is 0 Å². The average molecular weight is 369 g/mol. The number of nitrogens with one attached hydrogen (secondary N) is 1. The van der Waals surface area contributed by atoms with Gasteiger partial charge in [-0.05, 0) is 53.8 Å². The van der Waals surface area contributed by atoms with Crippen molar-refractivity contribution < 1.29 is 4.42 Å². The zero-order valence-corrected chi connectivity index (χ0v) is 16.1. The third-order valence-corrected chi connectivity index (χ3v) is 5.21. The van der Waals surface area contributed by atoms with Crippen molar-refractivity contribution >= 4 is 11.0 Å². The highest BCUT2D eigenvalue weighted by atomic mass is 16.4. The second-order valence-corrected chi connectivity index (χ2v) is 7.16. The fourth-order valence-corrected chi connectivity index (χ4v) is 3.56. The number of benzene rings is 3. The van der Waals surface area contributed by atoms with E-state index in [4.69, 9.17) is 4.42 Å². The van der Waals surface area contributed by atoms with E-state index in [-0.39, 0.29) is 11.7 Å². The lowest BCUT2D eigenvalue weighted by Crippen LogP contribution is -2.22. The third-order valence-electron chi connectivity index (χ3n) is 5.21. The molecule has 1 aromatic heterocycles. The Kier molecular flexibility index (Phi) is 5.09. The van der Waals surface area contributed by atoms with Crippen LogP contribution in [0, 0.1) is 13.8 Å². The summed E-state index contributed by atoms with van der Waals surface area (Å²) in [7, 11) is 0. The van der Waals surface area contributed by atoms with Crippen molar-refractivity contribution in [3.05, 3.63) is 117 Å². The summed E-state index contributed by atoms with van der Waals surface area (Å²) in [6.45, 7) is 4.67. The number of fused-ring (bicyclic) bond motifs is 1. The molecule has 0 saturated carbocycles. The average Bonchev–Trinajstić information content (AvgIpc) is 2.71. The van der Waals surface area contributed by atoms with E-state index in [1.807, 2.05) is 49.4 Å². The molecule has 0 atom stereocenters. The lowest BCUT2D eigenvalue weighted by molar-refractivity contribution is 0.552. The van der Waals surface area contributed by atoms with Crippen LogP contribution in [0.4, 0.5) is 0 Å². The Bertz CT molecular complexity index is 1110. The van der Waals surface area contributed by atoms with E-state index in [2.05, 4.69) is 42.6 Å². The number of hydrogen-bond donors (Lipinski definition) is 1. The van der Waals surface area contributed by atoms with E-state index in [9.17, 15) is 4.79 Å². The summed E-state index contributed by atoms with van der Waals surface area (Å²) < 4.78 is 5.43. The zero-order chi connectivity index (χ0) is 19.5. The Hall–Kier alpha value is -3.17. The van der Waals surface area contributed by atoms with Gasteiger partial charge in [-0.15, -0.1) is 0 Å². The second kappa shape index (κ2) is 7.83. The van der Waals surface area contributed by atoms with Gasteiger partial charge in [-0.2, -0.15) is 0 Å². The standard InChI is InChI=1S/C25H23NO2/c1-17-13-22-21(15-24(27)28-23(22)14-18(17)2)16-26-25(19-9-5-3-6-10-19)20-11-7-4-8-12-20/h3-15,25-26H,16H2,1-2H3. The highest BCUT2D eigenvalue weighted by Gasteiger charge is 2.15. The molecule has 0 bridgehead atoms. The van der Waals surface area contributed by atoms with Gasteiger partial charge in [0.05, 0.1) is 6.04 Å². The Labute approximate surface area is 164 Å². The van der Waals surface area contributed by atoms with Gasteiger partial charge < -0.3 is 9.73 Å². The minimum atomic E-state index is -0.316. The quantitative estimate of drug-likeness (QED) is 0.486. The van der Waals surface area contributed by atoms with Crippen LogP contribution >= 0.6 is 0 Å². The smallest absolute Gasteiger partial charge is 0.336 e. The van der Waals surface area contributed by atoms with Gasteiger partial charge in [0, 0.05) is 18.0 Å². The number of aryl methyl sites for hydroxylation is 2. The number of rotatable bonds is 5. The van der Waals surface area contributed by atoms with Crippen LogP contribution in [0.5, 0.6) is 0 Å². The molecule has 1 heterocycles. The van der Waals surface area contributed by atoms with Crippen molar-refractivity contribution in [2.24, 2.45) is 0 Å². The molecule has 4 rings (SSSR count). The first kappa shape index (κ1) is 18.2. The van der Waals surface area contributed by atoms with Gasteiger partial charge in [0.1, 0.15) is 5.58 Å². The Morgan fingerprint density at radius 3 is 2.00 bits per heavy atom. The van der Waals surface area contributed by atoms with Gasteiger partial charge >= 0.3 is 5.63 Å². The summed E-state index contributed by atoms with van der Waals surface area (Å²) in [4.78, 5) is 12.1. The highest BCUT2D eigenvalue weighted by Crippen LogP contribution is 2.25. The van der Waals surface area contributed by atoms with Crippen LogP contribution in [0.1, 0.15) is 33.9 Å². The lowest BCUT2D eigenvalue weighted by atomic mass is 9.98. The van der Waals surface area contributed by atoms with Crippen LogP contribution in [-0.4, -0.2) is 0 Å². The second-order valence-electron chi connectivity index (χ2n) is 7.16. The maximum Gasteiger partial charge on any atom is 0.336 e. The monoisotopic (exact) mass is 369 g/mol. The molecule has 0 aliphatic rings. The van der Waals surface area contributed by atoms with Gasteiger partial charge in [-0.25, -0.2) is 4.79 Å². The number of hydrogen-bond acceptors (Lipinski definition) is 3. The van der Waals surface area contributed by atoms with Crippen molar-refractivity contribution in [3.63, 3.8) is 0 Å². The van der Waals surface area contributed by atoms with Crippen LogP contribution in [-0.2, 0) is 6.54 Å². The first-order valence-electron chi connectivity index (χ1n) is 9.49. The molecular formula is C25H23NO2. The van der Waals surface area contributed by atoms with Gasteiger partial charge in [0.2, 0.25) is 0 Å². The molecule has 3 heteroatoms. The van der Waals surface area contributed by atoms with E-state index in [0.29, 0.717) is 12.1 Å². The first-order chi connectivity index (χ1) is 13.6. The summed E-state index contributed by atoms with van der Waals surface area (Å²) >= 11 is 0. The molecule has 0 aliphatic carbocycles. The van der Waals surface area contributed by atoms with Crippen LogP contribution in [0.3, 0.4) is 0 Å². The molecule has 0 saturated heterocycles. The zero-order valence-electron chi connectivity index (χ0n) is 16.1. The predicted molar refractivity (Wildman–Crippen MR) is 114 cm³/mol. The topological polar surface area (TPSA) is 42.2 Å². The van der Waals surface area contributed by atoms with Crippen molar-refractivity contribution in [2.45, 2.75) is 26.4 Å². The van der Waals surface area contributed by atoms with E-state index < -0.39 is 0 Å². The molecule has 28 heavy (non-hydrogen) atoms. The molecule has 4 aromatic rings. The summed E-state index contributed by atoms with van der Waals surface area (Å²) in [5.74, 6) is 0. The molecule has 0 amide bonds. The molecule has 1 N–H and O–H groups in total. The van der Waals surface area contributed by atoms with E-state index in [1.54, 1.807) is 6.07 Å². The minimum absolute atomic E-state index is 0.0382. The van der Waals surface area contributed by atoms with Gasteiger partial charge in [-0.3, -0.25) is 0 Å². The summed E-state index contributed by atoms with van der Waals surface area (Å²) in [6, 6.07) is 26.4. The summed E-state index contributed by atoms with van der Waals surface area (Å²) in [6.07, 6.45) is 0. The van der Waals surface area contributed by atoms with Crippen LogP contribution in [0.2, 0.25) is 0 Å². The highest BCUT2D eigenvalue weighted by molar-refractivity contribution is 5.81. The normalized spacial score (nSPS) is 11.2. The molecule has 0 unspecified atom stereocenters. The fourth-order valence-electron chi connectivity index (χ4n) is 3.56. The molecule has 0 fully saturated rings. The Morgan fingerprint density at radius 2 is 1.39 bits per heavy atom. The molecular weight excluding hydrogens is 346 g/mol. The first-order valence-corrected chi connectivity index (χ1v) is 9.49. The maximum atomic E-state index is 12.1. The Morgan fingerprint density at radius 1 is 0.821 bits per heavy atom. The van der Waals surface area contributed by atoms with Crippen LogP contribution in [0.15, 0.2) is 88.1 Å². The predicted octanol–water partition coefficient (Wildman–Crippen LogP) is 5.29. The Balaban J connectivity index is 1.72. The van der Waals surface area contributed by atoms with Gasteiger partial charge in [-0.1, -0.05) is 60.7 Å². The fraction of sp³-hybridized carbons (Fsp3) is 0.160. The van der Waals surface area contributed by atoms with Crippen molar-refractivity contribution in [3.8, 4) is 0 Å². The van der Waals surface area contributed by atoms with E-state index >= 15 is 0 Å². The molecule has 3 aromatic carbocycles. The van der Waals surface area contributed by atoms with Crippen molar-refractivity contribution in [1.82, 2.24) is 5.32 Å². The van der Waals surface area contributed by atoms with E-state index in [0.717, 1.165) is 16.5 Å². The lowest BCUT2D eigenvalue weighted by Gasteiger charge is -2.20. The maximum absolute atomic E-state index is 12.1.